The molecule has 1 aromatic rings. The summed E-state index contributed by atoms with van der Waals surface area (Å²) in [5.41, 5.74) is 5.75. The maximum absolute atomic E-state index is 11.9. The Kier molecular flexibility index (Phi) is 5.40. The van der Waals surface area contributed by atoms with Gasteiger partial charge in [0.05, 0.1) is 0 Å². The van der Waals surface area contributed by atoms with Crippen LogP contribution in [0.3, 0.4) is 0 Å². The number of carbonyl (C=O) groups excluding carboxylic acids is 1. The van der Waals surface area contributed by atoms with Crippen molar-refractivity contribution in [3.05, 3.63) is 4.88 Å². The first kappa shape index (κ1) is 14.8. The number of thiazole rings is 1. The zero-order chi connectivity index (χ0) is 13.7. The lowest BCUT2D eigenvalue weighted by Crippen LogP contribution is -2.25. The normalized spacial score (nSPS) is 11.0. The second kappa shape index (κ2) is 6.58. The number of amides is 1. The highest BCUT2D eigenvalue weighted by Crippen LogP contribution is 2.25. The van der Waals surface area contributed by atoms with Gasteiger partial charge < -0.3 is 16.4 Å². The Bertz CT molecular complexity index is 401. The van der Waals surface area contributed by atoms with Crippen molar-refractivity contribution in [2.45, 2.75) is 40.2 Å². The first-order valence-corrected chi connectivity index (χ1v) is 7.02. The number of nitrogens with one attached hydrogen (secondary N) is 2. The van der Waals surface area contributed by atoms with Crippen LogP contribution in [-0.4, -0.2) is 23.5 Å². The summed E-state index contributed by atoms with van der Waals surface area (Å²) in [7, 11) is 0. The number of aromatic nitrogens is 1. The zero-order valence-electron chi connectivity index (χ0n) is 11.4. The lowest BCUT2D eigenvalue weighted by atomic mass is 10.1. The van der Waals surface area contributed by atoms with E-state index in [0.717, 1.165) is 6.42 Å². The second-order valence-corrected chi connectivity index (χ2v) is 5.97. The fraction of sp³-hybridized carbons (Fsp3) is 0.667. The molecule has 0 atom stereocenters. The molecule has 0 spiro atoms. The van der Waals surface area contributed by atoms with Gasteiger partial charge >= 0.3 is 0 Å². The predicted molar refractivity (Wildman–Crippen MR) is 77.1 cm³/mol. The molecule has 0 bridgehead atoms. The number of nitrogen functional groups attached to an aromatic ring is 1. The summed E-state index contributed by atoms with van der Waals surface area (Å²) in [4.78, 5) is 16.5. The first-order valence-electron chi connectivity index (χ1n) is 6.21. The second-order valence-electron chi connectivity index (χ2n) is 4.97. The van der Waals surface area contributed by atoms with E-state index in [9.17, 15) is 4.79 Å². The molecule has 1 aromatic heterocycles. The van der Waals surface area contributed by atoms with Crippen molar-refractivity contribution in [2.24, 2.45) is 5.92 Å². The predicted octanol–water partition coefficient (Wildman–Crippen LogP) is 2.32. The van der Waals surface area contributed by atoms with Gasteiger partial charge in [0.2, 0.25) is 0 Å². The van der Waals surface area contributed by atoms with E-state index in [-0.39, 0.29) is 11.9 Å². The van der Waals surface area contributed by atoms with Crippen LogP contribution in [0.5, 0.6) is 0 Å². The number of nitrogens with zero attached hydrogens (tertiary/aromatic N) is 1. The average molecular weight is 270 g/mol. The molecule has 6 heteroatoms. The molecule has 0 saturated carbocycles. The number of hydrogen-bond acceptors (Lipinski definition) is 5. The third kappa shape index (κ3) is 4.52. The van der Waals surface area contributed by atoms with Crippen LogP contribution in [0, 0.1) is 5.92 Å². The molecule has 102 valence electrons. The maximum Gasteiger partial charge on any atom is 0.265 e. The van der Waals surface area contributed by atoms with Gasteiger partial charge in [-0.2, -0.15) is 0 Å². The molecule has 0 unspecified atom stereocenters. The minimum atomic E-state index is -0.137. The van der Waals surface area contributed by atoms with Crippen molar-refractivity contribution >= 4 is 28.2 Å². The lowest BCUT2D eigenvalue weighted by Gasteiger charge is -2.06. The van der Waals surface area contributed by atoms with Gasteiger partial charge in [0.1, 0.15) is 10.7 Å². The monoisotopic (exact) mass is 270 g/mol. The standard InChI is InChI=1S/C12H22N4OS/c1-7(2)5-6-14-11(17)9-10(13)16-12(18-9)15-8(3)4/h7-8H,5-6,13H2,1-4H3,(H,14,17)(H,15,16). The zero-order valence-corrected chi connectivity index (χ0v) is 12.2. The van der Waals surface area contributed by atoms with Crippen LogP contribution in [0.15, 0.2) is 0 Å². The Morgan fingerprint density at radius 1 is 1.39 bits per heavy atom. The number of nitrogens with two attached hydrogens (primary N) is 1. The van der Waals surface area contributed by atoms with Crippen LogP contribution in [0.1, 0.15) is 43.8 Å². The van der Waals surface area contributed by atoms with E-state index in [0.29, 0.717) is 28.3 Å². The lowest BCUT2D eigenvalue weighted by molar-refractivity contribution is 0.0956. The molecule has 1 heterocycles. The SMILES string of the molecule is CC(C)CCNC(=O)c1sc(NC(C)C)nc1N. The van der Waals surface area contributed by atoms with Gasteiger partial charge in [0.15, 0.2) is 5.13 Å². The van der Waals surface area contributed by atoms with Crippen molar-refractivity contribution in [3.63, 3.8) is 0 Å². The van der Waals surface area contributed by atoms with Crippen LogP contribution in [-0.2, 0) is 0 Å². The quantitative estimate of drug-likeness (QED) is 0.741. The summed E-state index contributed by atoms with van der Waals surface area (Å²) < 4.78 is 0. The molecule has 4 N–H and O–H groups in total. The Labute approximate surface area is 112 Å². The third-order valence-electron chi connectivity index (χ3n) is 2.28. The number of carbonyl (C=O) groups is 1. The van der Waals surface area contributed by atoms with Gasteiger partial charge in [-0.3, -0.25) is 4.79 Å². The van der Waals surface area contributed by atoms with E-state index in [2.05, 4.69) is 29.5 Å². The molecule has 0 aliphatic heterocycles. The highest BCUT2D eigenvalue weighted by atomic mass is 32.1. The van der Waals surface area contributed by atoms with Crippen LogP contribution in [0.2, 0.25) is 0 Å². The Hall–Kier alpha value is -1.30. The first-order chi connectivity index (χ1) is 8.40. The van der Waals surface area contributed by atoms with Gasteiger partial charge in [0, 0.05) is 12.6 Å². The summed E-state index contributed by atoms with van der Waals surface area (Å²) in [6, 6.07) is 0.271. The topological polar surface area (TPSA) is 80.0 Å². The van der Waals surface area contributed by atoms with Crippen LogP contribution in [0.25, 0.3) is 0 Å². The molecule has 0 saturated heterocycles. The molecule has 18 heavy (non-hydrogen) atoms. The highest BCUT2D eigenvalue weighted by Gasteiger charge is 2.16. The molecule has 1 amide bonds. The van der Waals surface area contributed by atoms with Crippen LogP contribution in [0.4, 0.5) is 10.9 Å². The third-order valence-corrected chi connectivity index (χ3v) is 3.28. The molecule has 0 fully saturated rings. The van der Waals surface area contributed by atoms with Gasteiger partial charge in [-0.05, 0) is 26.2 Å². The minimum absolute atomic E-state index is 0.137. The molecule has 0 aliphatic carbocycles. The molecule has 0 aliphatic rings. The van der Waals surface area contributed by atoms with E-state index in [1.54, 1.807) is 0 Å². The van der Waals surface area contributed by atoms with Crippen LogP contribution >= 0.6 is 11.3 Å². The van der Waals surface area contributed by atoms with Gasteiger partial charge in [0.25, 0.3) is 5.91 Å². The molecular weight excluding hydrogens is 248 g/mol. The smallest absolute Gasteiger partial charge is 0.265 e. The molecule has 1 rings (SSSR count). The summed E-state index contributed by atoms with van der Waals surface area (Å²) in [6.07, 6.45) is 0.960. The van der Waals surface area contributed by atoms with Crippen LogP contribution < -0.4 is 16.4 Å². The Morgan fingerprint density at radius 2 is 2.06 bits per heavy atom. The average Bonchev–Trinajstić information content (AvgIpc) is 2.57. The van der Waals surface area contributed by atoms with Gasteiger partial charge in [-0.1, -0.05) is 25.2 Å². The largest absolute Gasteiger partial charge is 0.382 e. The van der Waals surface area contributed by atoms with Crippen molar-refractivity contribution in [1.29, 1.82) is 0 Å². The number of hydrogen-bond donors (Lipinski definition) is 3. The van der Waals surface area contributed by atoms with Gasteiger partial charge in [-0.25, -0.2) is 4.98 Å². The van der Waals surface area contributed by atoms with Crippen molar-refractivity contribution in [1.82, 2.24) is 10.3 Å². The van der Waals surface area contributed by atoms with E-state index in [1.807, 2.05) is 13.8 Å². The van der Waals surface area contributed by atoms with Crippen molar-refractivity contribution < 1.29 is 4.79 Å². The van der Waals surface area contributed by atoms with Crippen molar-refractivity contribution in [2.75, 3.05) is 17.6 Å². The Balaban J connectivity index is 2.59. The summed E-state index contributed by atoms with van der Waals surface area (Å²) in [5, 5.41) is 6.70. The van der Waals surface area contributed by atoms with E-state index >= 15 is 0 Å². The maximum atomic E-state index is 11.9. The van der Waals surface area contributed by atoms with E-state index in [4.69, 9.17) is 5.73 Å². The molecular formula is C12H22N4OS. The Morgan fingerprint density at radius 3 is 2.61 bits per heavy atom. The summed E-state index contributed by atoms with van der Waals surface area (Å²) in [5.74, 6) is 0.731. The summed E-state index contributed by atoms with van der Waals surface area (Å²) >= 11 is 1.30. The van der Waals surface area contributed by atoms with Crippen molar-refractivity contribution in [3.8, 4) is 0 Å². The molecule has 0 aromatic carbocycles. The van der Waals surface area contributed by atoms with Gasteiger partial charge in [-0.15, -0.1) is 0 Å². The molecule has 0 radical (unpaired) electrons. The summed E-state index contributed by atoms with van der Waals surface area (Å²) in [6.45, 7) is 8.94. The highest BCUT2D eigenvalue weighted by molar-refractivity contribution is 7.18. The fourth-order valence-corrected chi connectivity index (χ4v) is 2.31. The number of anilines is 2. The fourth-order valence-electron chi connectivity index (χ4n) is 1.36. The molecule has 5 nitrogen and oxygen atoms in total. The minimum Gasteiger partial charge on any atom is -0.382 e. The van der Waals surface area contributed by atoms with E-state index < -0.39 is 0 Å². The van der Waals surface area contributed by atoms with E-state index in [1.165, 1.54) is 11.3 Å². The number of rotatable bonds is 6.